The Morgan fingerprint density at radius 2 is 1.95 bits per heavy atom. The van der Waals surface area contributed by atoms with Gasteiger partial charge in [-0.25, -0.2) is 0 Å². The summed E-state index contributed by atoms with van der Waals surface area (Å²) in [6, 6.07) is 10.5. The molecular weight excluding hydrogens is 246 g/mol. The highest BCUT2D eigenvalue weighted by Gasteiger charge is 2.21. The highest BCUT2D eigenvalue weighted by molar-refractivity contribution is 5.91. The van der Waals surface area contributed by atoms with Gasteiger partial charge < -0.3 is 10.6 Å². The molecule has 0 aliphatic rings. The van der Waals surface area contributed by atoms with E-state index in [0.29, 0.717) is 6.54 Å². The SMILES string of the molecule is CCN(CC(C)(C)CN)c1cc(C)nc2ccccc12. The van der Waals surface area contributed by atoms with E-state index in [0.717, 1.165) is 24.3 Å². The van der Waals surface area contributed by atoms with Gasteiger partial charge >= 0.3 is 0 Å². The van der Waals surface area contributed by atoms with Gasteiger partial charge in [0, 0.05) is 29.9 Å². The van der Waals surface area contributed by atoms with Gasteiger partial charge in [0.2, 0.25) is 0 Å². The second-order valence-electron chi connectivity index (χ2n) is 6.18. The Hall–Kier alpha value is -1.61. The fraction of sp³-hybridized carbons (Fsp3) is 0.471. The van der Waals surface area contributed by atoms with Crippen molar-refractivity contribution in [3.05, 3.63) is 36.0 Å². The molecule has 0 saturated carbocycles. The summed E-state index contributed by atoms with van der Waals surface area (Å²) in [5.41, 5.74) is 9.38. The molecule has 0 amide bonds. The molecule has 0 fully saturated rings. The first kappa shape index (κ1) is 14.8. The van der Waals surface area contributed by atoms with Crippen molar-refractivity contribution in [2.75, 3.05) is 24.5 Å². The minimum absolute atomic E-state index is 0.105. The fourth-order valence-corrected chi connectivity index (χ4v) is 2.50. The van der Waals surface area contributed by atoms with E-state index in [-0.39, 0.29) is 5.41 Å². The van der Waals surface area contributed by atoms with Crippen LogP contribution in [0.1, 0.15) is 26.5 Å². The average molecular weight is 271 g/mol. The average Bonchev–Trinajstić information content (AvgIpc) is 2.44. The van der Waals surface area contributed by atoms with E-state index in [1.807, 2.05) is 6.07 Å². The number of nitrogens with zero attached hydrogens (tertiary/aromatic N) is 2. The van der Waals surface area contributed by atoms with Crippen LogP contribution in [-0.2, 0) is 0 Å². The summed E-state index contributed by atoms with van der Waals surface area (Å²) in [5, 5.41) is 1.22. The number of benzene rings is 1. The molecule has 0 saturated heterocycles. The summed E-state index contributed by atoms with van der Waals surface area (Å²) in [4.78, 5) is 7.02. The summed E-state index contributed by atoms with van der Waals surface area (Å²) < 4.78 is 0. The summed E-state index contributed by atoms with van der Waals surface area (Å²) in [5.74, 6) is 0. The van der Waals surface area contributed by atoms with Crippen LogP contribution in [0.2, 0.25) is 0 Å². The topological polar surface area (TPSA) is 42.1 Å². The Bertz CT molecular complexity index is 590. The van der Waals surface area contributed by atoms with Crippen molar-refractivity contribution in [3.63, 3.8) is 0 Å². The molecule has 2 rings (SSSR count). The fourth-order valence-electron chi connectivity index (χ4n) is 2.50. The highest BCUT2D eigenvalue weighted by Crippen LogP contribution is 2.29. The zero-order valence-corrected chi connectivity index (χ0v) is 13.0. The maximum atomic E-state index is 5.89. The first-order valence-electron chi connectivity index (χ1n) is 7.28. The number of hydrogen-bond acceptors (Lipinski definition) is 3. The zero-order chi connectivity index (χ0) is 14.8. The first-order valence-corrected chi connectivity index (χ1v) is 7.28. The molecule has 0 atom stereocenters. The Morgan fingerprint density at radius 3 is 2.60 bits per heavy atom. The number of fused-ring (bicyclic) bond motifs is 1. The molecule has 0 aliphatic heterocycles. The van der Waals surface area contributed by atoms with Crippen molar-refractivity contribution in [1.82, 2.24) is 4.98 Å². The number of aryl methyl sites for hydroxylation is 1. The number of aromatic nitrogens is 1. The van der Waals surface area contributed by atoms with Gasteiger partial charge in [0.05, 0.1) is 5.52 Å². The molecule has 3 heteroatoms. The van der Waals surface area contributed by atoms with E-state index < -0.39 is 0 Å². The molecular formula is C17H25N3. The molecule has 0 radical (unpaired) electrons. The molecule has 0 spiro atoms. The minimum atomic E-state index is 0.105. The molecule has 1 heterocycles. The van der Waals surface area contributed by atoms with Crippen molar-refractivity contribution in [2.24, 2.45) is 11.1 Å². The van der Waals surface area contributed by atoms with Crippen molar-refractivity contribution < 1.29 is 0 Å². The monoisotopic (exact) mass is 271 g/mol. The van der Waals surface area contributed by atoms with E-state index in [1.165, 1.54) is 11.1 Å². The molecule has 1 aromatic heterocycles. The highest BCUT2D eigenvalue weighted by atomic mass is 15.1. The van der Waals surface area contributed by atoms with Crippen LogP contribution in [0.5, 0.6) is 0 Å². The number of rotatable bonds is 5. The van der Waals surface area contributed by atoms with Crippen LogP contribution in [0.4, 0.5) is 5.69 Å². The van der Waals surface area contributed by atoms with E-state index in [2.05, 4.69) is 61.8 Å². The van der Waals surface area contributed by atoms with Crippen molar-refractivity contribution in [1.29, 1.82) is 0 Å². The number of anilines is 1. The molecule has 2 aromatic rings. The second kappa shape index (κ2) is 5.80. The lowest BCUT2D eigenvalue weighted by atomic mass is 9.92. The van der Waals surface area contributed by atoms with Gasteiger partial charge in [0.15, 0.2) is 0 Å². The Kier molecular flexibility index (Phi) is 4.29. The van der Waals surface area contributed by atoms with E-state index >= 15 is 0 Å². The zero-order valence-electron chi connectivity index (χ0n) is 13.0. The third-order valence-corrected chi connectivity index (χ3v) is 3.72. The Balaban J connectivity index is 2.49. The van der Waals surface area contributed by atoms with Gasteiger partial charge in [0.1, 0.15) is 0 Å². The van der Waals surface area contributed by atoms with E-state index in [9.17, 15) is 0 Å². The Labute approximate surface area is 121 Å². The van der Waals surface area contributed by atoms with Gasteiger partial charge in [-0.05, 0) is 37.9 Å². The predicted octanol–water partition coefficient (Wildman–Crippen LogP) is 3.35. The van der Waals surface area contributed by atoms with Crippen LogP contribution in [0, 0.1) is 12.3 Å². The molecule has 3 nitrogen and oxygen atoms in total. The Morgan fingerprint density at radius 1 is 1.25 bits per heavy atom. The smallest absolute Gasteiger partial charge is 0.0726 e. The van der Waals surface area contributed by atoms with Gasteiger partial charge in [-0.1, -0.05) is 32.0 Å². The number of para-hydroxylation sites is 1. The van der Waals surface area contributed by atoms with Crippen LogP contribution in [0.25, 0.3) is 10.9 Å². The summed E-state index contributed by atoms with van der Waals surface area (Å²) in [6.07, 6.45) is 0. The first-order chi connectivity index (χ1) is 9.46. The van der Waals surface area contributed by atoms with Crippen molar-refractivity contribution >= 4 is 16.6 Å². The molecule has 20 heavy (non-hydrogen) atoms. The lowest BCUT2D eigenvalue weighted by Gasteiger charge is -2.33. The maximum Gasteiger partial charge on any atom is 0.0726 e. The van der Waals surface area contributed by atoms with Crippen LogP contribution in [-0.4, -0.2) is 24.6 Å². The molecule has 0 unspecified atom stereocenters. The standard InChI is InChI=1S/C17H25N3/c1-5-20(12-17(3,4)11-18)16-10-13(2)19-15-9-7-6-8-14(15)16/h6-10H,5,11-12,18H2,1-4H3. The second-order valence-corrected chi connectivity index (χ2v) is 6.18. The third kappa shape index (κ3) is 3.10. The van der Waals surface area contributed by atoms with Gasteiger partial charge in [0.25, 0.3) is 0 Å². The van der Waals surface area contributed by atoms with E-state index in [4.69, 9.17) is 5.73 Å². The largest absolute Gasteiger partial charge is 0.371 e. The molecule has 0 aliphatic carbocycles. The summed E-state index contributed by atoms with van der Waals surface area (Å²) in [7, 11) is 0. The lowest BCUT2D eigenvalue weighted by molar-refractivity contribution is 0.380. The third-order valence-electron chi connectivity index (χ3n) is 3.72. The van der Waals surface area contributed by atoms with Crippen LogP contribution in [0.15, 0.2) is 30.3 Å². The molecule has 108 valence electrons. The van der Waals surface area contributed by atoms with Crippen LogP contribution >= 0.6 is 0 Å². The van der Waals surface area contributed by atoms with Crippen LogP contribution in [0.3, 0.4) is 0 Å². The van der Waals surface area contributed by atoms with Crippen molar-refractivity contribution in [3.8, 4) is 0 Å². The summed E-state index contributed by atoms with van der Waals surface area (Å²) in [6.45, 7) is 11.3. The molecule has 0 bridgehead atoms. The van der Waals surface area contributed by atoms with Gasteiger partial charge in [-0.15, -0.1) is 0 Å². The predicted molar refractivity (Wildman–Crippen MR) is 87.2 cm³/mol. The van der Waals surface area contributed by atoms with Crippen LogP contribution < -0.4 is 10.6 Å². The normalized spacial score (nSPS) is 11.8. The summed E-state index contributed by atoms with van der Waals surface area (Å²) >= 11 is 0. The number of hydrogen-bond donors (Lipinski definition) is 1. The molecule has 1 aromatic carbocycles. The quantitative estimate of drug-likeness (QED) is 0.906. The minimum Gasteiger partial charge on any atom is -0.371 e. The maximum absolute atomic E-state index is 5.89. The lowest BCUT2D eigenvalue weighted by Crippen LogP contribution is -2.39. The van der Waals surface area contributed by atoms with E-state index in [1.54, 1.807) is 0 Å². The van der Waals surface area contributed by atoms with Gasteiger partial charge in [-0.2, -0.15) is 0 Å². The number of nitrogens with two attached hydrogens (primary N) is 1. The number of pyridine rings is 1. The molecule has 2 N–H and O–H groups in total. The van der Waals surface area contributed by atoms with Crippen molar-refractivity contribution in [2.45, 2.75) is 27.7 Å². The van der Waals surface area contributed by atoms with Gasteiger partial charge in [-0.3, -0.25) is 4.98 Å².